The van der Waals surface area contributed by atoms with Gasteiger partial charge in [-0.25, -0.2) is 8.78 Å². The van der Waals surface area contributed by atoms with Crippen molar-refractivity contribution in [2.45, 2.75) is 103 Å². The van der Waals surface area contributed by atoms with Gasteiger partial charge in [-0.3, -0.25) is 0 Å². The monoisotopic (exact) mass is 888 g/mol. The Morgan fingerprint density at radius 3 is 2.04 bits per heavy atom. The fourth-order valence-corrected chi connectivity index (χ4v) is 22.7. The number of unbranched alkanes of at least 4 members (excludes halogenated alkanes) is 2. The Hall–Kier alpha value is -2.78. The van der Waals surface area contributed by atoms with Crippen LogP contribution in [0.15, 0.2) is 59.3 Å². The number of benzene rings is 1. The summed E-state index contributed by atoms with van der Waals surface area (Å²) >= 11 is 9.08. The van der Waals surface area contributed by atoms with Crippen LogP contribution in [0.2, 0.25) is 12.1 Å². The molecule has 0 amide bonds. The summed E-state index contributed by atoms with van der Waals surface area (Å²) in [6.45, 7) is 9.37. The van der Waals surface area contributed by atoms with E-state index in [0.717, 1.165) is 72.1 Å². The molecule has 4 nitrogen and oxygen atoms in total. The number of nitrogens with zero attached hydrogens (tertiary/aromatic N) is 4. The molecule has 0 saturated heterocycles. The molecule has 0 spiro atoms. The van der Waals surface area contributed by atoms with Crippen molar-refractivity contribution in [1.82, 2.24) is 17.5 Å². The minimum atomic E-state index is -2.42. The second kappa shape index (κ2) is 16.7. The molecule has 0 radical (unpaired) electrons. The molecule has 57 heavy (non-hydrogen) atoms. The van der Waals surface area contributed by atoms with E-state index in [1.54, 1.807) is 28.7 Å². The molecule has 0 N–H and O–H groups in total. The first-order valence-corrected chi connectivity index (χ1v) is 27.7. The van der Waals surface area contributed by atoms with Crippen LogP contribution in [0.5, 0.6) is 0 Å². The smallest absolute Gasteiger partial charge is 0.134 e. The minimum Gasteiger partial charge on any atom is -0.242 e. The van der Waals surface area contributed by atoms with E-state index in [1.807, 2.05) is 52.4 Å². The van der Waals surface area contributed by atoms with Crippen LogP contribution in [-0.4, -0.2) is 31.7 Å². The highest BCUT2D eigenvalue weighted by Crippen LogP contribution is 2.51. The van der Waals surface area contributed by atoms with Crippen LogP contribution in [0.4, 0.5) is 8.78 Å². The van der Waals surface area contributed by atoms with E-state index in [4.69, 9.17) is 13.1 Å². The largest absolute Gasteiger partial charge is 0.242 e. The summed E-state index contributed by atoms with van der Waals surface area (Å²) in [5.74, 6) is 0.560. The Morgan fingerprint density at radius 1 is 0.737 bits per heavy atom. The number of hydrogen-bond donors (Lipinski definition) is 0. The van der Waals surface area contributed by atoms with Crippen molar-refractivity contribution >= 4 is 104 Å². The average molecular weight is 889 g/mol. The average Bonchev–Trinajstić information content (AvgIpc) is 4.07. The van der Waals surface area contributed by atoms with E-state index >= 15 is 8.78 Å². The second-order valence-electron chi connectivity index (χ2n) is 15.8. The van der Waals surface area contributed by atoms with E-state index in [9.17, 15) is 0 Å². The Labute approximate surface area is 359 Å². The highest BCUT2D eigenvalue weighted by Gasteiger charge is 2.50. The molecule has 4 unspecified atom stereocenters. The number of hydrogen-bond acceptors (Lipinski definition) is 10. The zero-order valence-electron chi connectivity index (χ0n) is 32.6. The highest BCUT2D eigenvalue weighted by molar-refractivity contribution is 7.31. The lowest BCUT2D eigenvalue weighted by Crippen LogP contribution is -2.56. The Kier molecular flexibility index (Phi) is 11.6. The maximum absolute atomic E-state index is 16.5. The lowest BCUT2D eigenvalue weighted by atomic mass is 9.87. The predicted molar refractivity (Wildman–Crippen MR) is 247 cm³/mol. The fourth-order valence-electron chi connectivity index (χ4n) is 9.42. The van der Waals surface area contributed by atoms with Crippen molar-refractivity contribution in [1.29, 1.82) is 0 Å². The number of fused-ring (bicyclic) bond motifs is 5. The number of allylic oxidation sites excluding steroid dienone is 1. The Bertz CT molecular complexity index is 2490. The first-order chi connectivity index (χ1) is 27.9. The third-order valence-electron chi connectivity index (χ3n) is 12.4. The van der Waals surface area contributed by atoms with Gasteiger partial charge in [-0.2, -0.15) is 17.5 Å². The fraction of sp³-hybridized carbons (Fsp3) is 0.409. The SMILES string of the molecule is CCCCC(CC)C[Si]1(CC(CC)CCCC)c2cc(C3=CC(F)C(c4cccs4)c4nsnc43)sc2-c2sc(-c3cc(F)c(-c4cccs4)c4nsnc34)cc21. The molecule has 0 bridgehead atoms. The zero-order chi connectivity index (χ0) is 39.3. The number of halogens is 2. The van der Waals surface area contributed by atoms with Crippen molar-refractivity contribution in [2.75, 3.05) is 0 Å². The van der Waals surface area contributed by atoms with Gasteiger partial charge in [0, 0.05) is 40.4 Å². The molecule has 1 aromatic carbocycles. The maximum atomic E-state index is 16.5. The van der Waals surface area contributed by atoms with Crippen molar-refractivity contribution in [3.63, 3.8) is 0 Å². The van der Waals surface area contributed by atoms with Crippen molar-refractivity contribution in [3.05, 3.63) is 86.3 Å². The summed E-state index contributed by atoms with van der Waals surface area (Å²) in [6.07, 6.45) is 10.3. The normalized spacial score (nSPS) is 19.8. The molecule has 1 aliphatic carbocycles. The molecule has 296 valence electrons. The van der Waals surface area contributed by atoms with Crippen LogP contribution in [0.3, 0.4) is 0 Å². The van der Waals surface area contributed by atoms with Crippen molar-refractivity contribution in [2.24, 2.45) is 11.8 Å². The molecule has 13 heteroatoms. The summed E-state index contributed by atoms with van der Waals surface area (Å²) in [6, 6.07) is 17.0. The van der Waals surface area contributed by atoms with Gasteiger partial charge in [0.15, 0.2) is 0 Å². The molecule has 4 atom stereocenters. The van der Waals surface area contributed by atoms with Crippen LogP contribution in [0.1, 0.15) is 106 Å². The van der Waals surface area contributed by atoms with Gasteiger partial charge in [0.1, 0.15) is 36.8 Å². The second-order valence-corrected chi connectivity index (χ2v) is 24.9. The molecule has 6 aromatic heterocycles. The van der Waals surface area contributed by atoms with Crippen LogP contribution in [0.25, 0.3) is 47.2 Å². The lowest BCUT2D eigenvalue weighted by molar-refractivity contribution is 0.363. The number of alkyl halides is 1. The first-order valence-electron chi connectivity index (χ1n) is 20.4. The third kappa shape index (κ3) is 7.00. The van der Waals surface area contributed by atoms with Crippen LogP contribution < -0.4 is 10.4 Å². The van der Waals surface area contributed by atoms with Crippen molar-refractivity contribution < 1.29 is 8.78 Å². The van der Waals surface area contributed by atoms with Gasteiger partial charge in [0.2, 0.25) is 0 Å². The van der Waals surface area contributed by atoms with Crippen molar-refractivity contribution in [3.8, 4) is 30.6 Å². The minimum absolute atomic E-state index is 0.251. The van der Waals surface area contributed by atoms with Gasteiger partial charge < -0.3 is 0 Å². The lowest BCUT2D eigenvalue weighted by Gasteiger charge is -2.35. The molecular formula is C44H46F2N4S6Si. The standard InChI is InChI=1S/C44H46F2N4S6Si/c1-5-9-13-25(7-3)23-57(24-26(8-4)14-10-6-2)35-21-33(27-19-29(45)37(31-15-11-17-51-31)41-39(27)47-55-49-41)53-43(35)44-36(57)22-34(54-44)28-20-30(46)38(32-16-12-18-52-32)42-40(28)48-56-50-42/h11-12,15-22,25-26,29,37H,5-10,13-14,23-24H2,1-4H3. The summed E-state index contributed by atoms with van der Waals surface area (Å²) < 4.78 is 51.8. The molecule has 0 fully saturated rings. The molecule has 2 aliphatic rings. The number of rotatable bonds is 16. The predicted octanol–water partition coefficient (Wildman–Crippen LogP) is 14.2. The summed E-state index contributed by atoms with van der Waals surface area (Å²) in [5.41, 5.74) is 5.27. The number of thiophene rings is 4. The van der Waals surface area contributed by atoms with E-state index in [1.165, 1.54) is 93.8 Å². The number of aromatic nitrogens is 4. The maximum Gasteiger partial charge on any atom is 0.134 e. The molecule has 0 saturated carbocycles. The van der Waals surface area contributed by atoms with E-state index < -0.39 is 20.2 Å². The third-order valence-corrected chi connectivity index (χ3v) is 23.6. The first kappa shape index (κ1) is 39.7. The Morgan fingerprint density at radius 2 is 1.39 bits per heavy atom. The molecule has 7 aromatic rings. The van der Waals surface area contributed by atoms with E-state index in [-0.39, 0.29) is 5.82 Å². The molecule has 1 aliphatic heterocycles. The van der Waals surface area contributed by atoms with E-state index in [0.29, 0.717) is 22.9 Å². The van der Waals surface area contributed by atoms with Gasteiger partial charge in [0.25, 0.3) is 0 Å². The van der Waals surface area contributed by atoms with Crippen LogP contribution in [-0.2, 0) is 0 Å². The van der Waals surface area contributed by atoms with Gasteiger partial charge in [-0.15, -0.1) is 45.3 Å². The zero-order valence-corrected chi connectivity index (χ0v) is 38.5. The van der Waals surface area contributed by atoms with Crippen LogP contribution in [0, 0.1) is 17.7 Å². The van der Waals surface area contributed by atoms with Gasteiger partial charge in [0.05, 0.1) is 40.6 Å². The molecule has 7 heterocycles. The van der Waals surface area contributed by atoms with Gasteiger partial charge >= 0.3 is 0 Å². The highest BCUT2D eigenvalue weighted by atomic mass is 32.1. The quantitative estimate of drug-likeness (QED) is 0.0907. The Balaban J connectivity index is 1.23. The topological polar surface area (TPSA) is 51.6 Å². The molecule has 9 rings (SSSR count). The van der Waals surface area contributed by atoms with Gasteiger partial charge in [-0.1, -0.05) is 91.2 Å². The molecular weight excluding hydrogens is 843 g/mol. The summed E-state index contributed by atoms with van der Waals surface area (Å²) in [4.78, 5) is 6.69. The summed E-state index contributed by atoms with van der Waals surface area (Å²) in [7, 11) is -2.42. The van der Waals surface area contributed by atoms with Crippen LogP contribution >= 0.6 is 68.8 Å². The van der Waals surface area contributed by atoms with Gasteiger partial charge in [-0.05, 0) is 81.5 Å². The van der Waals surface area contributed by atoms with E-state index in [2.05, 4.69) is 44.2 Å². The summed E-state index contributed by atoms with van der Waals surface area (Å²) in [5, 5.41) is 7.04.